The summed E-state index contributed by atoms with van der Waals surface area (Å²) in [7, 11) is 0. The van der Waals surface area contributed by atoms with Crippen LogP contribution < -0.4 is 37.6 Å². The number of carbonyl (C=O) groups excluding carboxylic acids is 5. The third-order valence-electron chi connectivity index (χ3n) is 6.03. The van der Waals surface area contributed by atoms with Crippen LogP contribution >= 0.6 is 0 Å². The summed E-state index contributed by atoms with van der Waals surface area (Å²) in [5, 5.41) is 31.5. The van der Waals surface area contributed by atoms with Crippen LogP contribution in [0.25, 0.3) is 0 Å². The SMILES string of the molecule is CC[C@H]1NC(=O)[C@H](Cc2ccccc2)NC(=O)[C@H](CC(=O)O)NC(=O)CNC(=O)[C@H](CCCNC(=N)N)NC1=O. The molecular formula is C25H36N8O7. The molecule has 0 saturated carbocycles. The number of carbonyl (C=O) groups is 6. The monoisotopic (exact) mass is 560 g/mol. The molecule has 15 heteroatoms. The molecule has 0 spiro atoms. The maximum Gasteiger partial charge on any atom is 0.305 e. The summed E-state index contributed by atoms with van der Waals surface area (Å²) in [6.07, 6.45) is -0.149. The topological polar surface area (TPSA) is 245 Å². The van der Waals surface area contributed by atoms with Gasteiger partial charge in [0.15, 0.2) is 5.96 Å². The molecule has 0 radical (unpaired) electrons. The fraction of sp³-hybridized carbons (Fsp3) is 0.480. The van der Waals surface area contributed by atoms with Crippen molar-refractivity contribution in [2.75, 3.05) is 13.1 Å². The summed E-state index contributed by atoms with van der Waals surface area (Å²) >= 11 is 0. The third-order valence-corrected chi connectivity index (χ3v) is 6.03. The molecule has 5 amide bonds. The first-order valence-electron chi connectivity index (χ1n) is 12.8. The van der Waals surface area contributed by atoms with E-state index in [1.54, 1.807) is 37.3 Å². The van der Waals surface area contributed by atoms with Crippen LogP contribution in [0.2, 0.25) is 0 Å². The van der Waals surface area contributed by atoms with Crippen molar-refractivity contribution in [3.05, 3.63) is 35.9 Å². The lowest BCUT2D eigenvalue weighted by Crippen LogP contribution is -2.58. The van der Waals surface area contributed by atoms with Gasteiger partial charge in [0.2, 0.25) is 29.5 Å². The van der Waals surface area contributed by atoms with Crippen LogP contribution in [-0.2, 0) is 35.2 Å². The molecule has 10 N–H and O–H groups in total. The standard InChI is InChI=1S/C25H36N8O7/c1-2-15-22(38)32-16(9-6-10-28-25(26)27)21(37)29-13-19(34)30-18(12-20(35)36)24(40)33-17(23(39)31-15)11-14-7-4-3-5-8-14/h3-5,7-8,15-18H,2,6,9-13H2,1H3,(H,29,37)(H,30,34)(H,31,39)(H,32,38)(H,33,40)(H,35,36)(H4,26,27,28)/t15-,16+,17+,18+/m1/s1. The van der Waals surface area contributed by atoms with Crippen molar-refractivity contribution in [1.82, 2.24) is 31.9 Å². The number of benzene rings is 1. The number of nitrogens with one attached hydrogen (secondary N) is 7. The average Bonchev–Trinajstić information content (AvgIpc) is 2.90. The van der Waals surface area contributed by atoms with Crippen molar-refractivity contribution in [3.63, 3.8) is 0 Å². The molecule has 1 aromatic rings. The predicted molar refractivity (Wildman–Crippen MR) is 143 cm³/mol. The summed E-state index contributed by atoms with van der Waals surface area (Å²) in [4.78, 5) is 76.2. The minimum Gasteiger partial charge on any atom is -0.481 e. The zero-order valence-corrected chi connectivity index (χ0v) is 22.1. The molecule has 0 bridgehead atoms. The Kier molecular flexibility index (Phi) is 12.3. The Labute approximate surface area is 230 Å². The second kappa shape index (κ2) is 15.7. The van der Waals surface area contributed by atoms with Gasteiger partial charge >= 0.3 is 5.97 Å². The number of aliphatic carboxylic acids is 1. The van der Waals surface area contributed by atoms with Gasteiger partial charge in [-0.25, -0.2) is 0 Å². The van der Waals surface area contributed by atoms with Gasteiger partial charge in [0.1, 0.15) is 24.2 Å². The second-order valence-corrected chi connectivity index (χ2v) is 9.20. The Hall–Kier alpha value is -4.69. The van der Waals surface area contributed by atoms with E-state index < -0.39 is 72.6 Å². The molecule has 1 saturated heterocycles. The lowest BCUT2D eigenvalue weighted by molar-refractivity contribution is -0.141. The van der Waals surface area contributed by atoms with Crippen LogP contribution in [0.4, 0.5) is 0 Å². The largest absolute Gasteiger partial charge is 0.481 e. The number of hydrogen-bond donors (Lipinski definition) is 9. The smallest absolute Gasteiger partial charge is 0.305 e. The second-order valence-electron chi connectivity index (χ2n) is 9.20. The molecular weight excluding hydrogens is 524 g/mol. The molecule has 1 aliphatic rings. The van der Waals surface area contributed by atoms with E-state index in [4.69, 9.17) is 11.1 Å². The Bertz CT molecular complexity index is 1100. The number of rotatable bonds is 9. The molecule has 218 valence electrons. The molecule has 1 heterocycles. The molecule has 1 aromatic carbocycles. The van der Waals surface area contributed by atoms with E-state index in [1.807, 2.05) is 0 Å². The number of hydrogen-bond acceptors (Lipinski definition) is 7. The van der Waals surface area contributed by atoms with Crippen LogP contribution in [0.5, 0.6) is 0 Å². The predicted octanol–water partition coefficient (Wildman–Crippen LogP) is -2.55. The highest BCUT2D eigenvalue weighted by molar-refractivity contribution is 5.98. The van der Waals surface area contributed by atoms with Gasteiger partial charge < -0.3 is 42.7 Å². The van der Waals surface area contributed by atoms with Gasteiger partial charge in [-0.15, -0.1) is 0 Å². The zero-order valence-electron chi connectivity index (χ0n) is 22.1. The summed E-state index contributed by atoms with van der Waals surface area (Å²) < 4.78 is 0. The minimum atomic E-state index is -1.53. The average molecular weight is 561 g/mol. The first-order chi connectivity index (χ1) is 19.0. The summed E-state index contributed by atoms with van der Waals surface area (Å²) in [5.41, 5.74) is 5.95. The van der Waals surface area contributed by atoms with E-state index in [0.717, 1.165) is 0 Å². The fourth-order valence-corrected chi connectivity index (χ4v) is 3.95. The number of carboxylic acids is 1. The Morgan fingerprint density at radius 1 is 0.925 bits per heavy atom. The highest BCUT2D eigenvalue weighted by Crippen LogP contribution is 2.07. The molecule has 1 aliphatic heterocycles. The molecule has 40 heavy (non-hydrogen) atoms. The lowest BCUT2D eigenvalue weighted by Gasteiger charge is -2.25. The van der Waals surface area contributed by atoms with Crippen LogP contribution in [0.1, 0.15) is 38.2 Å². The normalized spacial score (nSPS) is 22.8. The lowest BCUT2D eigenvalue weighted by atomic mass is 10.0. The number of carboxylic acid groups (broad SMARTS) is 1. The highest BCUT2D eigenvalue weighted by Gasteiger charge is 2.32. The van der Waals surface area contributed by atoms with Gasteiger partial charge in [-0.05, 0) is 24.8 Å². The zero-order chi connectivity index (χ0) is 29.7. The van der Waals surface area contributed by atoms with Crippen LogP contribution in [0.15, 0.2) is 30.3 Å². The Morgan fingerprint density at radius 3 is 2.15 bits per heavy atom. The van der Waals surface area contributed by atoms with Gasteiger partial charge in [0.05, 0.1) is 13.0 Å². The number of nitrogens with two attached hydrogens (primary N) is 1. The first kappa shape index (κ1) is 31.5. The highest BCUT2D eigenvalue weighted by atomic mass is 16.4. The molecule has 0 aliphatic carbocycles. The van der Waals surface area contributed by atoms with E-state index in [-0.39, 0.29) is 31.8 Å². The van der Waals surface area contributed by atoms with Gasteiger partial charge in [-0.3, -0.25) is 34.2 Å². The molecule has 4 atom stereocenters. The van der Waals surface area contributed by atoms with E-state index in [9.17, 15) is 33.9 Å². The quantitative estimate of drug-likeness (QED) is 0.0875. The molecule has 1 fully saturated rings. The molecule has 15 nitrogen and oxygen atoms in total. The van der Waals surface area contributed by atoms with Gasteiger partial charge in [-0.2, -0.15) is 0 Å². The maximum absolute atomic E-state index is 13.3. The van der Waals surface area contributed by atoms with Crippen molar-refractivity contribution in [1.29, 1.82) is 5.41 Å². The van der Waals surface area contributed by atoms with Gasteiger partial charge in [-0.1, -0.05) is 37.3 Å². The van der Waals surface area contributed by atoms with Crippen LogP contribution in [0, 0.1) is 5.41 Å². The van der Waals surface area contributed by atoms with E-state index in [0.29, 0.717) is 12.0 Å². The van der Waals surface area contributed by atoms with E-state index in [1.165, 1.54) is 0 Å². The summed E-state index contributed by atoms with van der Waals surface area (Å²) in [6, 6.07) is 3.83. The molecule has 0 unspecified atom stereocenters. The Morgan fingerprint density at radius 2 is 1.52 bits per heavy atom. The van der Waals surface area contributed by atoms with Crippen molar-refractivity contribution in [3.8, 4) is 0 Å². The maximum atomic E-state index is 13.3. The number of amides is 5. The minimum absolute atomic E-state index is 0.0238. The fourth-order valence-electron chi connectivity index (χ4n) is 3.95. The Balaban J connectivity index is 2.36. The summed E-state index contributed by atoms with van der Waals surface area (Å²) in [6.45, 7) is 1.30. The number of guanidine groups is 1. The van der Waals surface area contributed by atoms with E-state index >= 15 is 0 Å². The van der Waals surface area contributed by atoms with Crippen LogP contribution in [-0.4, -0.2) is 83.8 Å². The van der Waals surface area contributed by atoms with E-state index in [2.05, 4.69) is 31.9 Å². The third kappa shape index (κ3) is 10.6. The van der Waals surface area contributed by atoms with Crippen molar-refractivity contribution < 1.29 is 33.9 Å². The van der Waals surface area contributed by atoms with Crippen molar-refractivity contribution in [2.24, 2.45) is 5.73 Å². The summed E-state index contributed by atoms with van der Waals surface area (Å²) in [5.74, 6) is -5.45. The first-order valence-corrected chi connectivity index (χ1v) is 12.8. The van der Waals surface area contributed by atoms with Crippen LogP contribution in [0.3, 0.4) is 0 Å². The molecule has 2 rings (SSSR count). The van der Waals surface area contributed by atoms with Gasteiger partial charge in [0, 0.05) is 13.0 Å². The van der Waals surface area contributed by atoms with Gasteiger partial charge in [0.25, 0.3) is 0 Å². The molecule has 0 aromatic heterocycles. The van der Waals surface area contributed by atoms with Crippen molar-refractivity contribution in [2.45, 2.75) is 63.2 Å². The van der Waals surface area contributed by atoms with Crippen molar-refractivity contribution >= 4 is 41.5 Å².